The molecule has 4 heterocycles. The van der Waals surface area contributed by atoms with E-state index in [0.29, 0.717) is 23.7 Å². The lowest BCUT2D eigenvalue weighted by atomic mass is 10.2. The second-order valence-electron chi connectivity index (χ2n) is 7.45. The lowest BCUT2D eigenvalue weighted by Gasteiger charge is -2.09. The number of rotatable bonds is 6. The van der Waals surface area contributed by atoms with E-state index in [9.17, 15) is 0 Å². The highest BCUT2D eigenvalue weighted by molar-refractivity contribution is 7.08. The van der Waals surface area contributed by atoms with Gasteiger partial charge in [-0.15, -0.1) is 0 Å². The maximum atomic E-state index is 5.29. The molecule has 0 spiro atoms. The molecule has 0 aliphatic rings. The van der Waals surface area contributed by atoms with Crippen molar-refractivity contribution >= 4 is 39.4 Å². The third kappa shape index (κ3) is 3.58. The van der Waals surface area contributed by atoms with Crippen LogP contribution >= 0.6 is 11.3 Å². The van der Waals surface area contributed by atoms with Crippen molar-refractivity contribution < 1.29 is 4.74 Å². The summed E-state index contributed by atoms with van der Waals surface area (Å²) in [4.78, 5) is 22.3. The second-order valence-corrected chi connectivity index (χ2v) is 8.23. The van der Waals surface area contributed by atoms with Gasteiger partial charge >= 0.3 is 0 Å². The predicted molar refractivity (Wildman–Crippen MR) is 130 cm³/mol. The molecule has 0 radical (unpaired) electrons. The number of fused-ring (bicyclic) bond motifs is 2. The van der Waals surface area contributed by atoms with Crippen LogP contribution in [0.1, 0.15) is 5.82 Å². The van der Waals surface area contributed by atoms with E-state index < -0.39 is 0 Å². The smallest absolute Gasteiger partial charge is 0.170 e. The quantitative estimate of drug-likeness (QED) is 0.367. The molecule has 0 amide bonds. The van der Waals surface area contributed by atoms with Crippen LogP contribution in [0, 0.1) is 0 Å². The summed E-state index contributed by atoms with van der Waals surface area (Å²) in [6.07, 6.45) is 1.78. The van der Waals surface area contributed by atoms with Crippen LogP contribution in [0.25, 0.3) is 39.3 Å². The number of nitrogens with zero attached hydrogens (tertiary/aromatic N) is 5. The topological polar surface area (TPSA) is 93.5 Å². The Balaban J connectivity index is 1.43. The minimum Gasteiger partial charge on any atom is -0.497 e. The molecule has 9 heteroatoms. The van der Waals surface area contributed by atoms with E-state index in [1.807, 2.05) is 64.5 Å². The minimum atomic E-state index is 0.480. The van der Waals surface area contributed by atoms with Gasteiger partial charge in [0.25, 0.3) is 0 Å². The van der Waals surface area contributed by atoms with Gasteiger partial charge in [-0.25, -0.2) is 19.9 Å². The highest BCUT2D eigenvalue weighted by Gasteiger charge is 2.16. The lowest BCUT2D eigenvalue weighted by Crippen LogP contribution is -2.06. The maximum absolute atomic E-state index is 5.29. The fourth-order valence-electron chi connectivity index (χ4n) is 3.73. The number of H-pyrrole nitrogens is 1. The maximum Gasteiger partial charge on any atom is 0.170 e. The Bertz CT molecular complexity index is 1520. The standard InChI is InChI=1S/C24H19N7OS/c1-32-17-8-6-15(7-9-17)22-29-23(25-12-20-27-18-4-2-3-5-19(18)28-20)21-24(30-22)31(14-26-21)16-10-11-33-13-16/h2-11,13-14H,12H2,1H3,(H,27,28)(H,25,29,30). The molecule has 2 aromatic carbocycles. The summed E-state index contributed by atoms with van der Waals surface area (Å²) in [6.45, 7) is 0.480. The zero-order valence-electron chi connectivity index (χ0n) is 17.7. The van der Waals surface area contributed by atoms with Crippen molar-refractivity contribution in [2.75, 3.05) is 12.4 Å². The van der Waals surface area contributed by atoms with Crippen LogP contribution in [-0.2, 0) is 6.54 Å². The Labute approximate surface area is 193 Å². The van der Waals surface area contributed by atoms with Gasteiger partial charge in [0, 0.05) is 10.9 Å². The largest absolute Gasteiger partial charge is 0.497 e. The molecule has 6 aromatic rings. The molecule has 0 fully saturated rings. The highest BCUT2D eigenvalue weighted by Crippen LogP contribution is 2.28. The molecule has 162 valence electrons. The van der Waals surface area contributed by atoms with Gasteiger partial charge in [-0.1, -0.05) is 12.1 Å². The third-order valence-corrected chi connectivity index (χ3v) is 6.06. The molecule has 0 bridgehead atoms. The van der Waals surface area contributed by atoms with Crippen LogP contribution in [-0.4, -0.2) is 36.6 Å². The van der Waals surface area contributed by atoms with Gasteiger partial charge in [-0.05, 0) is 47.8 Å². The molecule has 2 N–H and O–H groups in total. The number of methoxy groups -OCH3 is 1. The van der Waals surface area contributed by atoms with Crippen molar-refractivity contribution in [3.05, 3.63) is 77.5 Å². The van der Waals surface area contributed by atoms with Crippen molar-refractivity contribution in [1.82, 2.24) is 29.5 Å². The van der Waals surface area contributed by atoms with E-state index in [0.717, 1.165) is 39.5 Å². The van der Waals surface area contributed by atoms with E-state index >= 15 is 0 Å². The molecule has 0 unspecified atom stereocenters. The number of imidazole rings is 2. The number of aromatic amines is 1. The van der Waals surface area contributed by atoms with Crippen molar-refractivity contribution in [1.29, 1.82) is 0 Å². The number of anilines is 1. The number of thiophene rings is 1. The van der Waals surface area contributed by atoms with Crippen molar-refractivity contribution in [2.45, 2.75) is 6.54 Å². The summed E-state index contributed by atoms with van der Waals surface area (Å²) in [5, 5.41) is 7.52. The Morgan fingerprint density at radius 3 is 2.70 bits per heavy atom. The first-order chi connectivity index (χ1) is 16.3. The monoisotopic (exact) mass is 453 g/mol. The Kier molecular flexibility index (Phi) is 4.73. The summed E-state index contributed by atoms with van der Waals surface area (Å²) in [7, 11) is 1.65. The predicted octanol–water partition coefficient (Wildman–Crippen LogP) is 5.04. The summed E-state index contributed by atoms with van der Waals surface area (Å²) in [6, 6.07) is 17.7. The molecular formula is C24H19N7OS. The van der Waals surface area contributed by atoms with E-state index in [2.05, 4.69) is 25.6 Å². The number of ether oxygens (including phenoxy) is 1. The van der Waals surface area contributed by atoms with E-state index in [1.54, 1.807) is 24.8 Å². The van der Waals surface area contributed by atoms with Gasteiger partial charge in [-0.2, -0.15) is 11.3 Å². The normalized spacial score (nSPS) is 11.3. The van der Waals surface area contributed by atoms with Gasteiger partial charge in [0.05, 0.1) is 30.4 Å². The number of nitrogens with one attached hydrogen (secondary N) is 2. The highest BCUT2D eigenvalue weighted by atomic mass is 32.1. The Morgan fingerprint density at radius 1 is 1.03 bits per heavy atom. The van der Waals surface area contributed by atoms with Crippen LogP contribution in [0.3, 0.4) is 0 Å². The molecule has 6 rings (SSSR count). The summed E-state index contributed by atoms with van der Waals surface area (Å²) in [5.41, 5.74) is 5.29. The third-order valence-electron chi connectivity index (χ3n) is 5.39. The van der Waals surface area contributed by atoms with Crippen molar-refractivity contribution in [2.24, 2.45) is 0 Å². The van der Waals surface area contributed by atoms with Crippen LogP contribution in [0.4, 0.5) is 5.82 Å². The lowest BCUT2D eigenvalue weighted by molar-refractivity contribution is 0.415. The van der Waals surface area contributed by atoms with Gasteiger partial charge in [-0.3, -0.25) is 4.57 Å². The van der Waals surface area contributed by atoms with E-state index in [1.165, 1.54) is 0 Å². The molecular weight excluding hydrogens is 434 g/mol. The zero-order valence-corrected chi connectivity index (χ0v) is 18.5. The number of para-hydroxylation sites is 2. The van der Waals surface area contributed by atoms with Crippen LogP contribution in [0.5, 0.6) is 5.75 Å². The average Bonchev–Trinajstić information content (AvgIpc) is 3.61. The van der Waals surface area contributed by atoms with Crippen molar-refractivity contribution in [3.63, 3.8) is 0 Å². The summed E-state index contributed by atoms with van der Waals surface area (Å²) >= 11 is 1.63. The fraction of sp³-hybridized carbons (Fsp3) is 0.0833. The number of hydrogen-bond donors (Lipinski definition) is 2. The van der Waals surface area contributed by atoms with Crippen LogP contribution in [0.2, 0.25) is 0 Å². The molecule has 8 nitrogen and oxygen atoms in total. The van der Waals surface area contributed by atoms with E-state index in [-0.39, 0.29) is 0 Å². The van der Waals surface area contributed by atoms with E-state index in [4.69, 9.17) is 14.7 Å². The molecule has 33 heavy (non-hydrogen) atoms. The molecule has 4 aromatic heterocycles. The number of hydrogen-bond acceptors (Lipinski definition) is 7. The second kappa shape index (κ2) is 8.03. The van der Waals surface area contributed by atoms with Gasteiger partial charge in [0.15, 0.2) is 22.8 Å². The Hall–Kier alpha value is -4.24. The minimum absolute atomic E-state index is 0.480. The molecule has 0 saturated carbocycles. The first-order valence-corrected chi connectivity index (χ1v) is 11.3. The molecule has 0 aliphatic heterocycles. The van der Waals surface area contributed by atoms with Crippen molar-refractivity contribution in [3.8, 4) is 22.8 Å². The van der Waals surface area contributed by atoms with Gasteiger partial charge in [0.2, 0.25) is 0 Å². The first-order valence-electron chi connectivity index (χ1n) is 10.4. The van der Waals surface area contributed by atoms with Crippen LogP contribution < -0.4 is 10.1 Å². The molecule has 0 aliphatic carbocycles. The molecule has 0 atom stereocenters. The van der Waals surface area contributed by atoms with Crippen LogP contribution in [0.15, 0.2) is 71.7 Å². The fourth-order valence-corrected chi connectivity index (χ4v) is 4.36. The average molecular weight is 454 g/mol. The number of aromatic nitrogens is 6. The Morgan fingerprint density at radius 2 is 1.91 bits per heavy atom. The molecule has 0 saturated heterocycles. The first kappa shape index (κ1) is 19.4. The summed E-state index contributed by atoms with van der Waals surface area (Å²) < 4.78 is 7.27. The zero-order chi connectivity index (χ0) is 22.2. The SMILES string of the molecule is COc1ccc(-c2nc(NCc3nc4ccccc4[nH]3)c3ncn(-c4ccsc4)c3n2)cc1. The summed E-state index contributed by atoms with van der Waals surface area (Å²) in [5.74, 6) is 2.87. The number of benzene rings is 2. The van der Waals surface area contributed by atoms with Gasteiger partial charge < -0.3 is 15.0 Å². The van der Waals surface area contributed by atoms with Gasteiger partial charge in [0.1, 0.15) is 17.9 Å².